The minimum absolute atomic E-state index is 0.898. The van der Waals surface area contributed by atoms with Gasteiger partial charge >= 0.3 is 0 Å². The Hall–Kier alpha value is -5.34. The van der Waals surface area contributed by atoms with E-state index in [0.717, 1.165) is 39.0 Å². The SMILES string of the molecule is c1ccc(N(c2ccc3cccc(-c4ccc5ccccc5c4)c3c2)c2ccc3oc4ccccc4c3c2)cc1. The monoisotopic (exact) mass is 511 g/mol. The van der Waals surface area contributed by atoms with Gasteiger partial charge in [0.2, 0.25) is 0 Å². The number of anilines is 3. The maximum atomic E-state index is 6.13. The first kappa shape index (κ1) is 22.6. The number of fused-ring (bicyclic) bond motifs is 5. The smallest absolute Gasteiger partial charge is 0.135 e. The van der Waals surface area contributed by atoms with Crippen molar-refractivity contribution in [3.8, 4) is 11.1 Å². The van der Waals surface area contributed by atoms with Crippen molar-refractivity contribution >= 4 is 60.5 Å². The Bertz CT molecular complexity index is 2170. The largest absolute Gasteiger partial charge is 0.456 e. The minimum atomic E-state index is 0.898. The second kappa shape index (κ2) is 9.14. The molecular formula is C38H25NO. The molecule has 0 aliphatic carbocycles. The van der Waals surface area contributed by atoms with Crippen LogP contribution in [0.5, 0.6) is 0 Å². The van der Waals surface area contributed by atoms with Crippen LogP contribution in [0, 0.1) is 0 Å². The molecule has 0 saturated carbocycles. The third kappa shape index (κ3) is 3.73. The average molecular weight is 512 g/mol. The van der Waals surface area contributed by atoms with Crippen LogP contribution in [0.15, 0.2) is 156 Å². The summed E-state index contributed by atoms with van der Waals surface area (Å²) in [5, 5.41) is 7.20. The maximum Gasteiger partial charge on any atom is 0.135 e. The Morgan fingerprint density at radius 3 is 1.95 bits per heavy atom. The second-order valence-electron chi connectivity index (χ2n) is 10.2. The van der Waals surface area contributed by atoms with Gasteiger partial charge in [-0.1, -0.05) is 97.1 Å². The van der Waals surface area contributed by atoms with Gasteiger partial charge in [-0.05, 0) is 87.3 Å². The van der Waals surface area contributed by atoms with E-state index in [1.54, 1.807) is 0 Å². The lowest BCUT2D eigenvalue weighted by molar-refractivity contribution is 0.669. The fourth-order valence-electron chi connectivity index (χ4n) is 5.89. The highest BCUT2D eigenvalue weighted by Crippen LogP contribution is 2.41. The molecule has 0 saturated heterocycles. The van der Waals surface area contributed by atoms with E-state index in [-0.39, 0.29) is 0 Å². The number of hydrogen-bond donors (Lipinski definition) is 0. The highest BCUT2D eigenvalue weighted by molar-refractivity contribution is 6.07. The Morgan fingerprint density at radius 2 is 1.05 bits per heavy atom. The van der Waals surface area contributed by atoms with Gasteiger partial charge in [-0.25, -0.2) is 0 Å². The molecule has 1 heterocycles. The fourth-order valence-corrected chi connectivity index (χ4v) is 5.89. The van der Waals surface area contributed by atoms with Crippen molar-refractivity contribution in [3.63, 3.8) is 0 Å². The van der Waals surface area contributed by atoms with Crippen molar-refractivity contribution in [2.24, 2.45) is 0 Å². The first-order valence-corrected chi connectivity index (χ1v) is 13.6. The van der Waals surface area contributed by atoms with E-state index < -0.39 is 0 Å². The number of hydrogen-bond acceptors (Lipinski definition) is 2. The molecule has 2 nitrogen and oxygen atoms in total. The normalized spacial score (nSPS) is 11.5. The van der Waals surface area contributed by atoms with Gasteiger partial charge in [0.25, 0.3) is 0 Å². The molecule has 0 spiro atoms. The molecule has 0 fully saturated rings. The summed E-state index contributed by atoms with van der Waals surface area (Å²) in [4.78, 5) is 2.33. The Morgan fingerprint density at radius 1 is 0.375 bits per heavy atom. The van der Waals surface area contributed by atoms with Crippen LogP contribution in [0.3, 0.4) is 0 Å². The van der Waals surface area contributed by atoms with Crippen LogP contribution in [-0.2, 0) is 0 Å². The van der Waals surface area contributed by atoms with Crippen molar-refractivity contribution in [2.75, 3.05) is 4.90 Å². The van der Waals surface area contributed by atoms with Gasteiger partial charge < -0.3 is 9.32 Å². The molecule has 0 radical (unpaired) electrons. The van der Waals surface area contributed by atoms with Crippen molar-refractivity contribution in [1.29, 1.82) is 0 Å². The van der Waals surface area contributed by atoms with Crippen LogP contribution < -0.4 is 4.90 Å². The van der Waals surface area contributed by atoms with Crippen LogP contribution in [0.25, 0.3) is 54.6 Å². The first-order valence-electron chi connectivity index (χ1n) is 13.6. The quantitative estimate of drug-likeness (QED) is 0.234. The van der Waals surface area contributed by atoms with Gasteiger partial charge in [-0.3, -0.25) is 0 Å². The van der Waals surface area contributed by atoms with Gasteiger partial charge in [0.1, 0.15) is 11.2 Å². The number of benzene rings is 7. The lowest BCUT2D eigenvalue weighted by Gasteiger charge is -2.26. The Balaban J connectivity index is 1.33. The third-order valence-corrected chi connectivity index (χ3v) is 7.82. The molecule has 7 aromatic carbocycles. The highest BCUT2D eigenvalue weighted by atomic mass is 16.3. The topological polar surface area (TPSA) is 16.4 Å². The molecule has 0 N–H and O–H groups in total. The zero-order valence-corrected chi connectivity index (χ0v) is 21.8. The summed E-state index contributed by atoms with van der Waals surface area (Å²) in [6.45, 7) is 0. The summed E-state index contributed by atoms with van der Waals surface area (Å²) in [5.41, 5.74) is 7.57. The number of nitrogens with zero attached hydrogens (tertiary/aromatic N) is 1. The molecule has 0 atom stereocenters. The van der Waals surface area contributed by atoms with Crippen LogP contribution >= 0.6 is 0 Å². The first-order chi connectivity index (χ1) is 19.8. The molecule has 8 aromatic rings. The highest BCUT2D eigenvalue weighted by Gasteiger charge is 2.16. The average Bonchev–Trinajstić information content (AvgIpc) is 3.39. The van der Waals surface area contributed by atoms with Crippen LogP contribution in [0.1, 0.15) is 0 Å². The van der Waals surface area contributed by atoms with E-state index in [1.165, 1.54) is 32.7 Å². The van der Waals surface area contributed by atoms with Gasteiger partial charge in [-0.2, -0.15) is 0 Å². The molecule has 188 valence electrons. The maximum absolute atomic E-state index is 6.13. The van der Waals surface area contributed by atoms with Crippen molar-refractivity contribution in [1.82, 2.24) is 0 Å². The van der Waals surface area contributed by atoms with Crippen LogP contribution in [0.4, 0.5) is 17.1 Å². The summed E-state index contributed by atoms with van der Waals surface area (Å²) in [6, 6.07) is 53.9. The van der Waals surface area contributed by atoms with Crippen LogP contribution in [-0.4, -0.2) is 0 Å². The molecule has 2 heteroatoms. The predicted octanol–water partition coefficient (Wildman–Crippen LogP) is 11.0. The molecular weight excluding hydrogens is 486 g/mol. The molecule has 1 aromatic heterocycles. The fraction of sp³-hybridized carbons (Fsp3) is 0. The third-order valence-electron chi connectivity index (χ3n) is 7.82. The molecule has 0 unspecified atom stereocenters. The summed E-state index contributed by atoms with van der Waals surface area (Å²) in [6.07, 6.45) is 0. The number of furan rings is 1. The summed E-state index contributed by atoms with van der Waals surface area (Å²) in [5.74, 6) is 0. The van der Waals surface area contributed by atoms with Crippen molar-refractivity contribution in [3.05, 3.63) is 152 Å². The van der Waals surface area contributed by atoms with Gasteiger partial charge in [0, 0.05) is 27.8 Å². The molecule has 0 amide bonds. The van der Waals surface area contributed by atoms with Gasteiger partial charge in [-0.15, -0.1) is 0 Å². The molecule has 8 rings (SSSR count). The number of rotatable bonds is 4. The second-order valence-corrected chi connectivity index (χ2v) is 10.2. The van der Waals surface area contributed by atoms with Gasteiger partial charge in [0.15, 0.2) is 0 Å². The number of para-hydroxylation sites is 2. The molecule has 40 heavy (non-hydrogen) atoms. The predicted molar refractivity (Wildman–Crippen MR) is 169 cm³/mol. The van der Waals surface area contributed by atoms with Crippen molar-refractivity contribution in [2.45, 2.75) is 0 Å². The zero-order chi connectivity index (χ0) is 26.5. The lowest BCUT2D eigenvalue weighted by atomic mass is 9.95. The van der Waals surface area contributed by atoms with Crippen LogP contribution in [0.2, 0.25) is 0 Å². The lowest BCUT2D eigenvalue weighted by Crippen LogP contribution is -2.09. The molecule has 0 bridgehead atoms. The zero-order valence-electron chi connectivity index (χ0n) is 21.8. The summed E-state index contributed by atoms with van der Waals surface area (Å²) < 4.78 is 6.13. The van der Waals surface area contributed by atoms with E-state index in [2.05, 4.69) is 144 Å². The van der Waals surface area contributed by atoms with E-state index in [9.17, 15) is 0 Å². The Labute approximate surface area is 232 Å². The minimum Gasteiger partial charge on any atom is -0.456 e. The molecule has 0 aliphatic heterocycles. The van der Waals surface area contributed by atoms with Gasteiger partial charge in [0.05, 0.1) is 0 Å². The standard InChI is InChI=1S/C38H25NO/c1-2-12-30(13-3-1)39(32-21-22-38-36(25-32)34-14-6-7-16-37(34)40-38)31-20-19-27-11-8-15-33(35(27)24-31)29-18-17-26-9-4-5-10-28(26)23-29/h1-25H. The summed E-state index contributed by atoms with van der Waals surface area (Å²) >= 11 is 0. The van der Waals surface area contributed by atoms with E-state index in [4.69, 9.17) is 4.42 Å². The van der Waals surface area contributed by atoms with E-state index >= 15 is 0 Å². The van der Waals surface area contributed by atoms with E-state index in [0.29, 0.717) is 0 Å². The van der Waals surface area contributed by atoms with Crippen molar-refractivity contribution < 1.29 is 4.42 Å². The Kier molecular flexibility index (Phi) is 5.17. The summed E-state index contributed by atoms with van der Waals surface area (Å²) in [7, 11) is 0. The molecule has 0 aliphatic rings. The van der Waals surface area contributed by atoms with E-state index in [1.807, 2.05) is 12.1 Å².